The fourth-order valence-corrected chi connectivity index (χ4v) is 2.93. The van der Waals surface area contributed by atoms with Gasteiger partial charge in [0.2, 0.25) is 0 Å². The fourth-order valence-electron chi connectivity index (χ4n) is 2.27. The number of amides is 1. The van der Waals surface area contributed by atoms with E-state index in [-0.39, 0.29) is 0 Å². The van der Waals surface area contributed by atoms with Crippen molar-refractivity contribution in [2.45, 2.75) is 12.6 Å². The van der Waals surface area contributed by atoms with Crippen LogP contribution in [0.25, 0.3) is 0 Å². The summed E-state index contributed by atoms with van der Waals surface area (Å²) >= 11 is 3.48. The van der Waals surface area contributed by atoms with Crippen molar-refractivity contribution >= 4 is 33.2 Å². The molecule has 1 atom stereocenters. The molecule has 0 saturated carbocycles. The van der Waals surface area contributed by atoms with Gasteiger partial charge in [-0.05, 0) is 40.2 Å². The highest BCUT2D eigenvalue weighted by molar-refractivity contribution is 9.10. The predicted molar refractivity (Wildman–Crippen MR) is 78.5 cm³/mol. The molecule has 2 heterocycles. The van der Waals surface area contributed by atoms with Gasteiger partial charge in [-0.15, -0.1) is 0 Å². The average Bonchev–Trinajstić information content (AvgIpc) is 3.00. The van der Waals surface area contributed by atoms with Gasteiger partial charge in [-0.2, -0.15) is 0 Å². The van der Waals surface area contributed by atoms with E-state index in [1.807, 2.05) is 30.1 Å². The first-order valence-corrected chi connectivity index (χ1v) is 6.91. The van der Waals surface area contributed by atoms with Gasteiger partial charge in [0, 0.05) is 22.8 Å². The average molecular weight is 337 g/mol. The lowest BCUT2D eigenvalue weighted by molar-refractivity contribution is -0.123. The molecule has 0 saturated heterocycles. The molecule has 1 aliphatic heterocycles. The number of aliphatic hydroxyl groups excluding tert-OH is 1. The van der Waals surface area contributed by atoms with Gasteiger partial charge < -0.3 is 19.7 Å². The van der Waals surface area contributed by atoms with Crippen molar-refractivity contribution in [3.63, 3.8) is 0 Å². The molecule has 3 rings (SSSR count). The zero-order valence-electron chi connectivity index (χ0n) is 10.8. The van der Waals surface area contributed by atoms with Crippen LogP contribution in [-0.4, -0.2) is 18.1 Å². The highest BCUT2D eigenvalue weighted by Gasteiger charge is 2.29. The van der Waals surface area contributed by atoms with Crippen LogP contribution in [0.15, 0.2) is 39.4 Å². The Hall–Kier alpha value is -1.79. The maximum atomic E-state index is 11.5. The van der Waals surface area contributed by atoms with E-state index in [0.29, 0.717) is 17.8 Å². The van der Waals surface area contributed by atoms with E-state index in [1.54, 1.807) is 12.3 Å². The molecule has 0 fully saturated rings. The molecule has 1 aromatic carbocycles. The minimum absolute atomic E-state index is 0.391. The smallest absolute Gasteiger partial charge is 0.257 e. The number of benzene rings is 1. The van der Waals surface area contributed by atoms with E-state index in [2.05, 4.69) is 21.2 Å². The molecule has 0 spiro atoms. The molecule has 2 N–H and O–H groups in total. The molecule has 5 nitrogen and oxygen atoms in total. The number of halogens is 1. The van der Waals surface area contributed by atoms with Crippen molar-refractivity contribution < 1.29 is 14.3 Å². The third-order valence-corrected chi connectivity index (χ3v) is 3.94. The zero-order valence-corrected chi connectivity index (χ0v) is 12.3. The van der Waals surface area contributed by atoms with Crippen LogP contribution in [0.5, 0.6) is 0 Å². The third kappa shape index (κ3) is 2.21. The first-order chi connectivity index (χ1) is 9.56. The Morgan fingerprint density at radius 2 is 2.30 bits per heavy atom. The number of carbonyl (C=O) groups is 1. The Balaban J connectivity index is 1.91. The standard InChI is InChI=1S/C14H13BrN2O3/c1-17(7-8-3-2-4-20-8)12-6-11-9(5-10(12)15)13(18)14(19)16-11/h2-6,13,18H,7H2,1H3,(H,16,19). The van der Waals surface area contributed by atoms with Gasteiger partial charge >= 0.3 is 0 Å². The van der Waals surface area contributed by atoms with E-state index < -0.39 is 12.0 Å². The molecule has 104 valence electrons. The van der Waals surface area contributed by atoms with E-state index >= 15 is 0 Å². The number of anilines is 2. The maximum Gasteiger partial charge on any atom is 0.257 e. The predicted octanol–water partition coefficient (Wildman–Crippen LogP) is 2.66. The topological polar surface area (TPSA) is 65.7 Å². The molecule has 0 radical (unpaired) electrons. The molecular formula is C14H13BrN2O3. The lowest BCUT2D eigenvalue weighted by atomic mass is 10.1. The van der Waals surface area contributed by atoms with Crippen LogP contribution in [0.2, 0.25) is 0 Å². The van der Waals surface area contributed by atoms with Gasteiger partial charge in [0.1, 0.15) is 5.76 Å². The van der Waals surface area contributed by atoms with Gasteiger partial charge in [0.25, 0.3) is 5.91 Å². The molecule has 1 amide bonds. The fraction of sp³-hybridized carbons (Fsp3) is 0.214. The van der Waals surface area contributed by atoms with E-state index in [4.69, 9.17) is 4.42 Å². The first kappa shape index (κ1) is 13.2. The Morgan fingerprint density at radius 3 is 3.00 bits per heavy atom. The maximum absolute atomic E-state index is 11.5. The Kier molecular flexibility index (Phi) is 3.27. The first-order valence-electron chi connectivity index (χ1n) is 6.12. The number of furan rings is 1. The van der Waals surface area contributed by atoms with Crippen LogP contribution in [0.4, 0.5) is 11.4 Å². The van der Waals surface area contributed by atoms with Crippen molar-refractivity contribution in [1.82, 2.24) is 0 Å². The van der Waals surface area contributed by atoms with Crippen molar-refractivity contribution in [2.75, 3.05) is 17.3 Å². The van der Waals surface area contributed by atoms with Crippen LogP contribution < -0.4 is 10.2 Å². The minimum atomic E-state index is -1.09. The number of nitrogens with one attached hydrogen (secondary N) is 1. The number of hydrogen-bond donors (Lipinski definition) is 2. The largest absolute Gasteiger partial charge is 0.467 e. The Bertz CT molecular complexity index is 655. The van der Waals surface area contributed by atoms with Gasteiger partial charge in [-0.1, -0.05) is 0 Å². The number of nitrogens with zero attached hydrogens (tertiary/aromatic N) is 1. The summed E-state index contributed by atoms with van der Waals surface area (Å²) in [5.74, 6) is 0.460. The highest BCUT2D eigenvalue weighted by Crippen LogP contribution is 2.39. The van der Waals surface area contributed by atoms with Crippen LogP contribution >= 0.6 is 15.9 Å². The van der Waals surface area contributed by atoms with Crippen molar-refractivity contribution in [3.8, 4) is 0 Å². The number of hydrogen-bond acceptors (Lipinski definition) is 4. The number of carbonyl (C=O) groups excluding carboxylic acids is 1. The number of rotatable bonds is 3. The third-order valence-electron chi connectivity index (χ3n) is 3.30. The van der Waals surface area contributed by atoms with Crippen molar-refractivity contribution in [1.29, 1.82) is 0 Å². The minimum Gasteiger partial charge on any atom is -0.467 e. The summed E-state index contributed by atoms with van der Waals surface area (Å²) in [6.45, 7) is 0.612. The molecule has 1 aromatic heterocycles. The molecule has 1 aliphatic rings. The normalized spacial score (nSPS) is 16.9. The molecule has 0 bridgehead atoms. The molecule has 2 aromatic rings. The SMILES string of the molecule is CN(Cc1ccco1)c1cc2c(cc1Br)C(O)C(=O)N2. The second-order valence-electron chi connectivity index (χ2n) is 4.72. The summed E-state index contributed by atoms with van der Waals surface area (Å²) in [7, 11) is 1.93. The van der Waals surface area contributed by atoms with Gasteiger partial charge in [0.15, 0.2) is 6.10 Å². The van der Waals surface area contributed by atoms with Crippen LogP contribution in [0.1, 0.15) is 17.4 Å². The Morgan fingerprint density at radius 1 is 1.50 bits per heavy atom. The summed E-state index contributed by atoms with van der Waals surface area (Å²) in [6.07, 6.45) is 0.544. The summed E-state index contributed by atoms with van der Waals surface area (Å²) < 4.78 is 6.15. The van der Waals surface area contributed by atoms with E-state index in [1.165, 1.54) is 0 Å². The Labute approximate surface area is 124 Å². The van der Waals surface area contributed by atoms with Crippen LogP contribution in [0, 0.1) is 0 Å². The lowest BCUT2D eigenvalue weighted by Crippen LogP contribution is -2.16. The highest BCUT2D eigenvalue weighted by atomic mass is 79.9. The van der Waals surface area contributed by atoms with Crippen LogP contribution in [0.3, 0.4) is 0 Å². The van der Waals surface area contributed by atoms with Gasteiger partial charge in [-0.25, -0.2) is 0 Å². The monoisotopic (exact) mass is 336 g/mol. The van der Waals surface area contributed by atoms with Gasteiger partial charge in [0.05, 0.1) is 18.5 Å². The van der Waals surface area contributed by atoms with Crippen molar-refractivity contribution in [3.05, 3.63) is 46.3 Å². The van der Waals surface area contributed by atoms with Crippen molar-refractivity contribution in [2.24, 2.45) is 0 Å². The summed E-state index contributed by atoms with van der Waals surface area (Å²) in [5.41, 5.74) is 2.15. The molecule has 20 heavy (non-hydrogen) atoms. The van der Waals surface area contributed by atoms with E-state index in [0.717, 1.165) is 15.9 Å². The molecule has 1 unspecified atom stereocenters. The van der Waals surface area contributed by atoms with Crippen LogP contribution in [-0.2, 0) is 11.3 Å². The van der Waals surface area contributed by atoms with Gasteiger partial charge in [-0.3, -0.25) is 4.79 Å². The summed E-state index contributed by atoms with van der Waals surface area (Å²) in [5, 5.41) is 12.4. The second kappa shape index (κ2) is 4.96. The lowest BCUT2D eigenvalue weighted by Gasteiger charge is -2.20. The second-order valence-corrected chi connectivity index (χ2v) is 5.57. The summed E-state index contributed by atoms with van der Waals surface area (Å²) in [6, 6.07) is 7.36. The molecule has 0 aliphatic carbocycles. The molecular weight excluding hydrogens is 324 g/mol. The zero-order chi connectivity index (χ0) is 14.3. The summed E-state index contributed by atoms with van der Waals surface area (Å²) in [4.78, 5) is 13.5. The quantitative estimate of drug-likeness (QED) is 0.904. The number of aliphatic hydroxyl groups is 1. The van der Waals surface area contributed by atoms with E-state index in [9.17, 15) is 9.90 Å². The molecule has 6 heteroatoms. The number of fused-ring (bicyclic) bond motifs is 1.